The highest BCUT2D eigenvalue weighted by Crippen LogP contribution is 2.29. The van der Waals surface area contributed by atoms with Crippen molar-refractivity contribution in [3.63, 3.8) is 0 Å². The third kappa shape index (κ3) is 3.69. The average molecular weight is 355 g/mol. The third-order valence-corrected chi connectivity index (χ3v) is 3.57. The van der Waals surface area contributed by atoms with Gasteiger partial charge in [-0.2, -0.15) is 0 Å². The van der Waals surface area contributed by atoms with Crippen LogP contribution in [0.1, 0.15) is 12.8 Å². The Morgan fingerprint density at radius 3 is 2.71 bits per heavy atom. The Hall–Kier alpha value is -0.0800. The smallest absolute Gasteiger partial charge is 0.193 e. The lowest BCUT2D eigenvalue weighted by Crippen LogP contribution is -2.46. The first-order chi connectivity index (χ1) is 7.76. The normalized spacial score (nSPS) is 22.9. The molecule has 1 fully saturated rings. The fourth-order valence-corrected chi connectivity index (χ4v) is 2.19. The van der Waals surface area contributed by atoms with Crippen LogP contribution in [0.2, 0.25) is 0 Å². The van der Waals surface area contributed by atoms with Gasteiger partial charge in [-0.15, -0.1) is 24.0 Å². The number of aliphatic imine (C=N–C) groups is 1. The maximum atomic E-state index is 9.53. The van der Waals surface area contributed by atoms with Crippen LogP contribution in [0, 0.1) is 5.41 Å². The van der Waals surface area contributed by atoms with E-state index in [0.29, 0.717) is 0 Å². The van der Waals surface area contributed by atoms with Crippen molar-refractivity contribution < 1.29 is 9.84 Å². The molecule has 2 rings (SSSR count). The number of rotatable bonds is 3. The van der Waals surface area contributed by atoms with Crippen LogP contribution in [0.4, 0.5) is 0 Å². The van der Waals surface area contributed by atoms with Crippen molar-refractivity contribution in [1.82, 2.24) is 10.2 Å². The fraction of sp³-hybridized carbons (Fsp3) is 0.909. The number of guanidine groups is 1. The van der Waals surface area contributed by atoms with E-state index in [9.17, 15) is 5.11 Å². The van der Waals surface area contributed by atoms with Gasteiger partial charge in [-0.3, -0.25) is 4.99 Å². The highest BCUT2D eigenvalue weighted by atomic mass is 127. The lowest BCUT2D eigenvalue weighted by molar-refractivity contribution is -0.0133. The molecule has 1 saturated heterocycles. The molecule has 2 heterocycles. The van der Waals surface area contributed by atoms with Crippen molar-refractivity contribution >= 4 is 29.9 Å². The molecule has 0 aromatic carbocycles. The number of aliphatic hydroxyl groups is 1. The van der Waals surface area contributed by atoms with Crippen molar-refractivity contribution in [2.75, 3.05) is 46.5 Å². The largest absolute Gasteiger partial charge is 0.396 e. The molecule has 6 heteroatoms. The maximum Gasteiger partial charge on any atom is 0.193 e. The first-order valence-electron chi connectivity index (χ1n) is 5.94. The molecule has 2 aliphatic heterocycles. The number of ether oxygens (including phenoxy) is 1. The molecular formula is C11H22IN3O2. The summed E-state index contributed by atoms with van der Waals surface area (Å²) in [7, 11) is 2.04. The van der Waals surface area contributed by atoms with Gasteiger partial charge in [-0.05, 0) is 12.8 Å². The van der Waals surface area contributed by atoms with Gasteiger partial charge < -0.3 is 20.1 Å². The van der Waals surface area contributed by atoms with Crippen LogP contribution in [0.15, 0.2) is 4.99 Å². The molecule has 0 spiro atoms. The second-order valence-corrected chi connectivity index (χ2v) is 4.75. The van der Waals surface area contributed by atoms with Crippen LogP contribution < -0.4 is 5.32 Å². The Balaban J connectivity index is 0.00000144. The summed E-state index contributed by atoms with van der Waals surface area (Å²) in [5.74, 6) is 0.958. The standard InChI is InChI=1S/C11H21N3O2.HI/c1-14-5-4-12-10(14)13-8-11(9-15)2-6-16-7-3-11;/h15H,2-9H2,1H3,(H,12,13);1H. The molecule has 0 aromatic rings. The van der Waals surface area contributed by atoms with E-state index in [0.717, 1.165) is 51.6 Å². The van der Waals surface area contributed by atoms with Crippen LogP contribution in [0.5, 0.6) is 0 Å². The van der Waals surface area contributed by atoms with Gasteiger partial charge in [0.05, 0.1) is 13.2 Å². The van der Waals surface area contributed by atoms with Gasteiger partial charge >= 0.3 is 0 Å². The summed E-state index contributed by atoms with van der Waals surface area (Å²) in [6, 6.07) is 0. The molecule has 100 valence electrons. The van der Waals surface area contributed by atoms with Crippen molar-refractivity contribution in [1.29, 1.82) is 0 Å². The zero-order chi connectivity index (χ0) is 11.4. The van der Waals surface area contributed by atoms with Gasteiger partial charge in [0.1, 0.15) is 0 Å². The third-order valence-electron chi connectivity index (χ3n) is 3.57. The van der Waals surface area contributed by atoms with Crippen molar-refractivity contribution in [3.05, 3.63) is 0 Å². The summed E-state index contributed by atoms with van der Waals surface area (Å²) in [6.45, 7) is 4.37. The van der Waals surface area contributed by atoms with Crippen molar-refractivity contribution in [2.24, 2.45) is 10.4 Å². The predicted octanol–water partition coefficient (Wildman–Crippen LogP) is 0.284. The van der Waals surface area contributed by atoms with Gasteiger partial charge in [-0.1, -0.05) is 0 Å². The average Bonchev–Trinajstić information content (AvgIpc) is 2.74. The van der Waals surface area contributed by atoms with Crippen LogP contribution >= 0.6 is 24.0 Å². The zero-order valence-corrected chi connectivity index (χ0v) is 12.6. The quantitative estimate of drug-likeness (QED) is 0.715. The Kier molecular flexibility index (Phi) is 5.94. The SMILES string of the molecule is CN1CCN=C1NCC1(CO)CCOCC1.I. The molecule has 0 amide bonds. The Morgan fingerprint density at radius 2 is 2.18 bits per heavy atom. The van der Waals surface area contributed by atoms with Crippen molar-refractivity contribution in [2.45, 2.75) is 12.8 Å². The minimum atomic E-state index is -0.0236. The van der Waals surface area contributed by atoms with Crippen LogP contribution in [0.3, 0.4) is 0 Å². The molecular weight excluding hydrogens is 333 g/mol. The highest BCUT2D eigenvalue weighted by molar-refractivity contribution is 14.0. The Labute approximate surface area is 120 Å². The molecule has 2 aliphatic rings. The van der Waals surface area contributed by atoms with E-state index in [-0.39, 0.29) is 36.0 Å². The van der Waals surface area contributed by atoms with E-state index in [2.05, 4.69) is 15.2 Å². The first kappa shape index (κ1) is 15.0. The van der Waals surface area contributed by atoms with Crippen LogP contribution in [-0.2, 0) is 4.74 Å². The molecule has 17 heavy (non-hydrogen) atoms. The summed E-state index contributed by atoms with van der Waals surface area (Å²) < 4.78 is 5.34. The number of aliphatic hydroxyl groups excluding tert-OH is 1. The Morgan fingerprint density at radius 1 is 1.47 bits per heavy atom. The zero-order valence-electron chi connectivity index (χ0n) is 10.3. The van der Waals surface area contributed by atoms with Gasteiger partial charge in [0, 0.05) is 38.8 Å². The second-order valence-electron chi connectivity index (χ2n) is 4.75. The number of likely N-dealkylation sites (N-methyl/N-ethyl adjacent to an activating group) is 1. The topological polar surface area (TPSA) is 57.1 Å². The first-order valence-corrected chi connectivity index (χ1v) is 5.94. The molecule has 0 unspecified atom stereocenters. The van der Waals surface area contributed by atoms with Gasteiger partial charge in [0.15, 0.2) is 5.96 Å². The van der Waals surface area contributed by atoms with Gasteiger partial charge in [-0.25, -0.2) is 0 Å². The van der Waals surface area contributed by atoms with E-state index >= 15 is 0 Å². The second kappa shape index (κ2) is 6.75. The number of hydrogen-bond acceptors (Lipinski definition) is 5. The number of nitrogens with zero attached hydrogens (tertiary/aromatic N) is 2. The van der Waals surface area contributed by atoms with E-state index in [1.54, 1.807) is 0 Å². The molecule has 0 radical (unpaired) electrons. The molecule has 0 aliphatic carbocycles. The summed E-state index contributed by atoms with van der Waals surface area (Å²) >= 11 is 0. The number of nitrogens with one attached hydrogen (secondary N) is 1. The molecule has 0 bridgehead atoms. The molecule has 2 N–H and O–H groups in total. The van der Waals surface area contributed by atoms with E-state index in [1.165, 1.54) is 0 Å². The Bertz CT molecular complexity index is 267. The summed E-state index contributed by atoms with van der Waals surface area (Å²) in [5.41, 5.74) is -0.0236. The lowest BCUT2D eigenvalue weighted by atomic mass is 9.81. The molecule has 0 saturated carbocycles. The molecule has 0 aromatic heterocycles. The van der Waals surface area contributed by atoms with Crippen molar-refractivity contribution in [3.8, 4) is 0 Å². The van der Waals surface area contributed by atoms with Crippen LogP contribution in [0.25, 0.3) is 0 Å². The minimum absolute atomic E-state index is 0. The predicted molar refractivity (Wildman–Crippen MR) is 77.9 cm³/mol. The molecule has 5 nitrogen and oxygen atoms in total. The van der Waals surface area contributed by atoms with Crippen LogP contribution in [-0.4, -0.2) is 62.5 Å². The van der Waals surface area contributed by atoms with Gasteiger partial charge in [0.25, 0.3) is 0 Å². The maximum absolute atomic E-state index is 9.53. The summed E-state index contributed by atoms with van der Waals surface area (Å²) in [6.07, 6.45) is 1.85. The summed E-state index contributed by atoms with van der Waals surface area (Å²) in [5, 5.41) is 12.9. The van der Waals surface area contributed by atoms with Gasteiger partial charge in [0.2, 0.25) is 0 Å². The lowest BCUT2D eigenvalue weighted by Gasteiger charge is -2.36. The number of halogens is 1. The van der Waals surface area contributed by atoms with E-state index in [4.69, 9.17) is 4.74 Å². The summed E-state index contributed by atoms with van der Waals surface area (Å²) in [4.78, 5) is 6.50. The van der Waals surface area contributed by atoms with E-state index < -0.39 is 0 Å². The number of hydrogen-bond donors (Lipinski definition) is 2. The minimum Gasteiger partial charge on any atom is -0.396 e. The fourth-order valence-electron chi connectivity index (χ4n) is 2.19. The van der Waals surface area contributed by atoms with E-state index in [1.807, 2.05) is 7.05 Å². The highest BCUT2D eigenvalue weighted by Gasteiger charge is 2.32. The monoisotopic (exact) mass is 355 g/mol. The molecule has 0 atom stereocenters.